The second-order valence-electron chi connectivity index (χ2n) is 7.51. The fraction of sp³-hybridized carbons (Fsp3) is 0.125. The molecule has 154 valence electrons. The van der Waals surface area contributed by atoms with E-state index in [9.17, 15) is 9.90 Å². The molecule has 3 aromatic carbocycles. The number of phenols is 1. The van der Waals surface area contributed by atoms with Crippen molar-refractivity contribution in [3.63, 3.8) is 0 Å². The van der Waals surface area contributed by atoms with Crippen LogP contribution in [0.3, 0.4) is 0 Å². The Kier molecular flexibility index (Phi) is 4.95. The number of rotatable bonds is 4. The molecule has 0 unspecified atom stereocenters. The smallest absolute Gasteiger partial charge is 0.325 e. The molecule has 0 bridgehead atoms. The summed E-state index contributed by atoms with van der Waals surface area (Å²) in [6, 6.07) is 23.0. The average molecular weight is 430 g/mol. The zero-order valence-corrected chi connectivity index (χ0v) is 17.7. The van der Waals surface area contributed by atoms with Gasteiger partial charge in [0.15, 0.2) is 0 Å². The Hall–Kier alpha value is -3.58. The molecule has 1 aromatic heterocycles. The average Bonchev–Trinajstić information content (AvgIpc) is 2.78. The summed E-state index contributed by atoms with van der Waals surface area (Å²) in [6.07, 6.45) is -0.369. The molecule has 2 heterocycles. The highest BCUT2D eigenvalue weighted by atomic mass is 32.2. The van der Waals surface area contributed by atoms with Gasteiger partial charge in [0, 0.05) is 16.4 Å². The molecule has 3 N–H and O–H groups in total. The summed E-state index contributed by atoms with van der Waals surface area (Å²) in [5.74, 6) is 0.898. The van der Waals surface area contributed by atoms with Crippen molar-refractivity contribution in [2.75, 3.05) is 5.32 Å². The van der Waals surface area contributed by atoms with Crippen molar-refractivity contribution in [2.45, 2.75) is 24.0 Å². The number of nitrogens with zero attached hydrogens (tertiary/aromatic N) is 2. The number of aromatic amines is 1. The summed E-state index contributed by atoms with van der Waals surface area (Å²) in [6.45, 7) is 2.06. The number of nitrogens with one attached hydrogen (secondary N) is 2. The number of aryl methyl sites for hydroxylation is 1. The van der Waals surface area contributed by atoms with Crippen LogP contribution in [0.15, 0.2) is 82.7 Å². The van der Waals surface area contributed by atoms with Crippen LogP contribution in [0.5, 0.6) is 5.75 Å². The maximum Gasteiger partial charge on any atom is 0.325 e. The third-order valence-electron chi connectivity index (χ3n) is 5.29. The first-order valence-corrected chi connectivity index (χ1v) is 11.0. The molecule has 0 spiro atoms. The van der Waals surface area contributed by atoms with Crippen molar-refractivity contribution in [1.82, 2.24) is 10.1 Å². The molecule has 1 aliphatic heterocycles. The second-order valence-corrected chi connectivity index (χ2v) is 8.47. The third kappa shape index (κ3) is 3.80. The number of hydrogen-bond donors (Lipinski definition) is 3. The van der Waals surface area contributed by atoms with Crippen molar-refractivity contribution in [2.24, 2.45) is 0 Å². The summed E-state index contributed by atoms with van der Waals surface area (Å²) in [7, 11) is 0. The number of aromatic nitrogens is 3. The van der Waals surface area contributed by atoms with Gasteiger partial charge >= 0.3 is 11.3 Å². The van der Waals surface area contributed by atoms with E-state index in [0.29, 0.717) is 16.6 Å². The maximum atomic E-state index is 13.1. The number of thioether (sulfide) groups is 1. The number of phenolic OH excluding ortho intramolecular Hbond substituents is 1. The SMILES string of the molecule is Cc1ccc(CSc2n[n+]3c(c(=O)[nH]2)-c2ccccc2N[C@H]3c2ccc(O)cc2)cc1. The Labute approximate surface area is 183 Å². The van der Waals surface area contributed by atoms with E-state index in [0.717, 1.165) is 16.8 Å². The molecule has 0 fully saturated rings. The fourth-order valence-corrected chi connectivity index (χ4v) is 4.48. The van der Waals surface area contributed by atoms with E-state index in [4.69, 9.17) is 5.10 Å². The van der Waals surface area contributed by atoms with Gasteiger partial charge in [-0.1, -0.05) is 53.7 Å². The van der Waals surface area contributed by atoms with E-state index in [2.05, 4.69) is 41.5 Å². The van der Waals surface area contributed by atoms with E-state index in [1.165, 1.54) is 22.9 Å². The fourth-order valence-electron chi connectivity index (χ4n) is 3.67. The van der Waals surface area contributed by atoms with Crippen LogP contribution in [-0.4, -0.2) is 15.2 Å². The molecule has 1 aliphatic rings. The lowest BCUT2D eigenvalue weighted by atomic mass is 10.0. The Balaban J connectivity index is 1.57. The van der Waals surface area contributed by atoms with Crippen molar-refractivity contribution in [3.05, 3.63) is 99.8 Å². The summed E-state index contributed by atoms with van der Waals surface area (Å²) in [4.78, 5) is 16.1. The summed E-state index contributed by atoms with van der Waals surface area (Å²) in [5.41, 5.74) is 5.28. The molecule has 0 saturated carbocycles. The van der Waals surface area contributed by atoms with Crippen molar-refractivity contribution >= 4 is 17.4 Å². The standard InChI is InChI=1S/C24H20N4O2S/c1-15-6-8-16(9-7-15)14-31-24-26-23(30)21-19-4-2-3-5-20(19)25-22(28(21)27-24)17-10-12-18(29)13-11-17/h2-13,22H,14H2,1H3,(H2,26,27,29,30)/p+1/t22-/m1/s1. The van der Waals surface area contributed by atoms with Gasteiger partial charge in [-0.2, -0.15) is 0 Å². The van der Waals surface area contributed by atoms with Gasteiger partial charge in [-0.15, -0.1) is 0 Å². The molecule has 4 aromatic rings. The van der Waals surface area contributed by atoms with E-state index >= 15 is 0 Å². The van der Waals surface area contributed by atoms with Gasteiger partial charge in [0.1, 0.15) is 5.75 Å². The summed E-state index contributed by atoms with van der Waals surface area (Å²) in [5, 5.41) is 18.5. The number of hydrogen-bond acceptors (Lipinski definition) is 5. The third-order valence-corrected chi connectivity index (χ3v) is 6.22. The number of anilines is 1. The van der Waals surface area contributed by atoms with Crippen LogP contribution in [-0.2, 0) is 5.75 Å². The van der Waals surface area contributed by atoms with Gasteiger partial charge in [-0.05, 0) is 53.6 Å². The lowest BCUT2D eigenvalue weighted by molar-refractivity contribution is -0.759. The van der Waals surface area contributed by atoms with Crippen LogP contribution in [0.2, 0.25) is 0 Å². The number of para-hydroxylation sites is 1. The number of benzene rings is 3. The van der Waals surface area contributed by atoms with E-state index in [-0.39, 0.29) is 17.5 Å². The molecule has 6 nitrogen and oxygen atoms in total. The van der Waals surface area contributed by atoms with Crippen molar-refractivity contribution < 1.29 is 9.79 Å². The van der Waals surface area contributed by atoms with Crippen molar-refractivity contribution in [1.29, 1.82) is 0 Å². The van der Waals surface area contributed by atoms with Gasteiger partial charge in [0.05, 0.1) is 11.3 Å². The first kappa shape index (κ1) is 19.4. The second kappa shape index (κ2) is 7.92. The van der Waals surface area contributed by atoms with Crippen LogP contribution >= 0.6 is 11.8 Å². The summed E-state index contributed by atoms with van der Waals surface area (Å²) >= 11 is 1.49. The quantitative estimate of drug-likeness (QED) is 0.337. The molecule has 0 aliphatic carbocycles. The van der Waals surface area contributed by atoms with E-state index in [1.807, 2.05) is 36.4 Å². The molecule has 5 rings (SSSR count). The van der Waals surface area contributed by atoms with Gasteiger partial charge in [0.25, 0.3) is 6.17 Å². The first-order valence-electron chi connectivity index (χ1n) is 9.98. The van der Waals surface area contributed by atoms with Crippen LogP contribution in [0, 0.1) is 6.92 Å². The van der Waals surface area contributed by atoms with Crippen LogP contribution in [0.1, 0.15) is 22.9 Å². The minimum atomic E-state index is -0.369. The topological polar surface area (TPSA) is 81.9 Å². The van der Waals surface area contributed by atoms with Crippen LogP contribution < -0.4 is 15.6 Å². The first-order chi connectivity index (χ1) is 15.1. The predicted molar refractivity (Wildman–Crippen MR) is 121 cm³/mol. The maximum absolute atomic E-state index is 13.1. The molecule has 31 heavy (non-hydrogen) atoms. The minimum Gasteiger partial charge on any atom is -0.508 e. The molecular formula is C24H21N4O2S+. The highest BCUT2D eigenvalue weighted by molar-refractivity contribution is 7.98. The monoisotopic (exact) mass is 429 g/mol. The Morgan fingerprint density at radius 1 is 1.03 bits per heavy atom. The highest BCUT2D eigenvalue weighted by Gasteiger charge is 2.37. The van der Waals surface area contributed by atoms with Crippen molar-refractivity contribution in [3.8, 4) is 17.0 Å². The Morgan fingerprint density at radius 3 is 2.55 bits per heavy atom. The zero-order valence-electron chi connectivity index (χ0n) is 16.9. The van der Waals surface area contributed by atoms with Gasteiger partial charge in [-0.25, -0.2) is 0 Å². The number of H-pyrrole nitrogens is 1. The van der Waals surface area contributed by atoms with Gasteiger partial charge in [0.2, 0.25) is 5.16 Å². The molecular weight excluding hydrogens is 408 g/mol. The van der Waals surface area contributed by atoms with Gasteiger partial charge in [-0.3, -0.25) is 9.78 Å². The normalized spacial score (nSPS) is 14.4. The van der Waals surface area contributed by atoms with E-state index in [1.54, 1.807) is 16.8 Å². The highest BCUT2D eigenvalue weighted by Crippen LogP contribution is 2.32. The largest absolute Gasteiger partial charge is 0.508 e. The molecule has 0 saturated heterocycles. The molecule has 7 heteroatoms. The van der Waals surface area contributed by atoms with Gasteiger partial charge < -0.3 is 10.4 Å². The van der Waals surface area contributed by atoms with Crippen LogP contribution in [0.25, 0.3) is 11.3 Å². The van der Waals surface area contributed by atoms with E-state index < -0.39 is 0 Å². The summed E-state index contributed by atoms with van der Waals surface area (Å²) < 4.78 is 1.74. The Morgan fingerprint density at radius 2 is 1.77 bits per heavy atom. The molecule has 1 atom stereocenters. The molecule has 0 amide bonds. The number of aromatic hydroxyl groups is 1. The minimum absolute atomic E-state index is 0.181. The molecule has 0 radical (unpaired) electrons. The Bertz CT molecular complexity index is 1300. The van der Waals surface area contributed by atoms with Crippen LogP contribution in [0.4, 0.5) is 5.69 Å². The lowest BCUT2D eigenvalue weighted by Crippen LogP contribution is -2.55. The lowest BCUT2D eigenvalue weighted by Gasteiger charge is -2.22. The predicted octanol–water partition coefficient (Wildman–Crippen LogP) is 4.00. The number of fused-ring (bicyclic) bond motifs is 3. The zero-order chi connectivity index (χ0) is 21.4.